The minimum atomic E-state index is -0.231. The number of ether oxygens (including phenoxy) is 1. The van der Waals surface area contributed by atoms with E-state index in [0.29, 0.717) is 18.2 Å². The standard InChI is InChI=1S/C13H16ClNO2/c1-2-3-6-15-8-11-7-12(14)5-4-10(11)9-17-13(15)16/h4-5,7H,2-3,6,8-9H2,1H3. The number of hydrogen-bond acceptors (Lipinski definition) is 2. The van der Waals surface area contributed by atoms with Crippen molar-refractivity contribution in [3.8, 4) is 0 Å². The molecule has 17 heavy (non-hydrogen) atoms. The van der Waals surface area contributed by atoms with Crippen molar-refractivity contribution < 1.29 is 9.53 Å². The van der Waals surface area contributed by atoms with Gasteiger partial charge >= 0.3 is 6.09 Å². The molecular weight excluding hydrogens is 238 g/mol. The fraction of sp³-hybridized carbons (Fsp3) is 0.462. The summed E-state index contributed by atoms with van der Waals surface area (Å²) in [6.07, 6.45) is 1.82. The molecule has 92 valence electrons. The van der Waals surface area contributed by atoms with Crippen LogP contribution in [-0.4, -0.2) is 17.5 Å². The summed E-state index contributed by atoms with van der Waals surface area (Å²) in [4.78, 5) is 13.5. The van der Waals surface area contributed by atoms with Crippen LogP contribution in [0, 0.1) is 0 Å². The minimum absolute atomic E-state index is 0.231. The van der Waals surface area contributed by atoms with Crippen LogP contribution in [0.4, 0.5) is 4.79 Å². The Morgan fingerprint density at radius 1 is 1.41 bits per heavy atom. The van der Waals surface area contributed by atoms with E-state index in [1.165, 1.54) is 0 Å². The highest BCUT2D eigenvalue weighted by atomic mass is 35.5. The van der Waals surface area contributed by atoms with Crippen LogP contribution < -0.4 is 0 Å². The zero-order valence-electron chi connectivity index (χ0n) is 9.91. The van der Waals surface area contributed by atoms with Gasteiger partial charge in [-0.2, -0.15) is 0 Å². The van der Waals surface area contributed by atoms with Crippen molar-refractivity contribution in [1.82, 2.24) is 4.90 Å². The highest BCUT2D eigenvalue weighted by molar-refractivity contribution is 6.30. The summed E-state index contributed by atoms with van der Waals surface area (Å²) >= 11 is 5.97. The van der Waals surface area contributed by atoms with E-state index in [0.717, 1.165) is 30.5 Å². The predicted molar refractivity (Wildman–Crippen MR) is 67.0 cm³/mol. The molecule has 0 unspecified atom stereocenters. The van der Waals surface area contributed by atoms with Crippen LogP contribution in [0.3, 0.4) is 0 Å². The van der Waals surface area contributed by atoms with Gasteiger partial charge in [-0.05, 0) is 29.7 Å². The fourth-order valence-corrected chi connectivity index (χ4v) is 2.10. The first-order valence-electron chi connectivity index (χ1n) is 5.89. The number of halogens is 1. The lowest BCUT2D eigenvalue weighted by Crippen LogP contribution is -2.30. The molecule has 1 aliphatic heterocycles. The van der Waals surface area contributed by atoms with E-state index in [2.05, 4.69) is 6.92 Å². The Kier molecular flexibility index (Phi) is 3.89. The summed E-state index contributed by atoms with van der Waals surface area (Å²) in [5, 5.41) is 0.702. The summed E-state index contributed by atoms with van der Waals surface area (Å²) < 4.78 is 5.22. The lowest BCUT2D eigenvalue weighted by Gasteiger charge is -2.19. The second-order valence-electron chi connectivity index (χ2n) is 4.24. The molecule has 1 aromatic carbocycles. The summed E-state index contributed by atoms with van der Waals surface area (Å²) in [5.41, 5.74) is 2.13. The number of unbranched alkanes of at least 4 members (excludes halogenated alkanes) is 1. The van der Waals surface area contributed by atoms with Crippen LogP contribution in [0.2, 0.25) is 5.02 Å². The number of benzene rings is 1. The maximum absolute atomic E-state index is 11.7. The second kappa shape index (κ2) is 5.41. The van der Waals surface area contributed by atoms with Gasteiger partial charge in [0.1, 0.15) is 6.61 Å². The Balaban J connectivity index is 2.19. The molecule has 0 radical (unpaired) electrons. The smallest absolute Gasteiger partial charge is 0.410 e. The maximum Gasteiger partial charge on any atom is 0.410 e. The molecule has 0 aliphatic carbocycles. The first kappa shape index (κ1) is 12.2. The van der Waals surface area contributed by atoms with Gasteiger partial charge in [-0.1, -0.05) is 31.0 Å². The van der Waals surface area contributed by atoms with Crippen molar-refractivity contribution in [3.63, 3.8) is 0 Å². The topological polar surface area (TPSA) is 29.5 Å². The monoisotopic (exact) mass is 253 g/mol. The average molecular weight is 254 g/mol. The highest BCUT2D eigenvalue weighted by Gasteiger charge is 2.21. The van der Waals surface area contributed by atoms with Gasteiger partial charge in [-0.3, -0.25) is 0 Å². The molecule has 3 nitrogen and oxygen atoms in total. The van der Waals surface area contributed by atoms with Gasteiger partial charge in [0, 0.05) is 18.1 Å². The third-order valence-electron chi connectivity index (χ3n) is 2.92. The third-order valence-corrected chi connectivity index (χ3v) is 3.16. The van der Waals surface area contributed by atoms with Crippen LogP contribution in [0.15, 0.2) is 18.2 Å². The predicted octanol–water partition coefficient (Wildman–Crippen LogP) is 3.59. The van der Waals surface area contributed by atoms with Crippen molar-refractivity contribution >= 4 is 17.7 Å². The molecule has 1 amide bonds. The molecule has 0 N–H and O–H groups in total. The number of carbonyl (C=O) groups excluding carboxylic acids is 1. The van der Waals surface area contributed by atoms with Crippen molar-refractivity contribution in [2.45, 2.75) is 32.9 Å². The van der Waals surface area contributed by atoms with Gasteiger partial charge in [0.25, 0.3) is 0 Å². The van der Waals surface area contributed by atoms with Gasteiger partial charge in [0.15, 0.2) is 0 Å². The van der Waals surface area contributed by atoms with E-state index < -0.39 is 0 Å². The Morgan fingerprint density at radius 3 is 3.00 bits per heavy atom. The number of amides is 1. The SMILES string of the molecule is CCCCN1Cc2cc(Cl)ccc2COC1=O. The lowest BCUT2D eigenvalue weighted by molar-refractivity contribution is 0.1000. The van der Waals surface area contributed by atoms with Crippen molar-refractivity contribution in [2.75, 3.05) is 6.54 Å². The largest absolute Gasteiger partial charge is 0.445 e. The minimum Gasteiger partial charge on any atom is -0.445 e. The van der Waals surface area contributed by atoms with Crippen LogP contribution in [0.25, 0.3) is 0 Å². The molecule has 0 atom stereocenters. The van der Waals surface area contributed by atoms with Crippen molar-refractivity contribution in [3.05, 3.63) is 34.3 Å². The highest BCUT2D eigenvalue weighted by Crippen LogP contribution is 2.22. The molecule has 2 rings (SSSR count). The first-order valence-corrected chi connectivity index (χ1v) is 6.27. The molecule has 0 bridgehead atoms. The first-order chi connectivity index (χ1) is 8.20. The molecule has 0 spiro atoms. The molecule has 0 saturated carbocycles. The second-order valence-corrected chi connectivity index (χ2v) is 4.68. The van der Waals surface area contributed by atoms with E-state index in [9.17, 15) is 4.79 Å². The lowest BCUT2D eigenvalue weighted by atomic mass is 10.1. The molecule has 1 aliphatic rings. The van der Waals surface area contributed by atoms with Gasteiger partial charge in [0.2, 0.25) is 0 Å². The number of cyclic esters (lactones) is 1. The van der Waals surface area contributed by atoms with Crippen LogP contribution in [0.5, 0.6) is 0 Å². The van der Waals surface area contributed by atoms with E-state index in [1.807, 2.05) is 18.2 Å². The molecule has 0 fully saturated rings. The average Bonchev–Trinajstić information content (AvgIpc) is 2.46. The number of nitrogens with zero attached hydrogens (tertiary/aromatic N) is 1. The zero-order chi connectivity index (χ0) is 12.3. The molecule has 0 saturated heterocycles. The summed E-state index contributed by atoms with van der Waals surface area (Å²) in [6.45, 7) is 3.78. The summed E-state index contributed by atoms with van der Waals surface area (Å²) in [5.74, 6) is 0. The van der Waals surface area contributed by atoms with Crippen LogP contribution in [0.1, 0.15) is 30.9 Å². The summed E-state index contributed by atoms with van der Waals surface area (Å²) in [6, 6.07) is 5.67. The zero-order valence-corrected chi connectivity index (χ0v) is 10.7. The Hall–Kier alpha value is -1.22. The van der Waals surface area contributed by atoms with Gasteiger partial charge in [-0.25, -0.2) is 4.79 Å². The van der Waals surface area contributed by atoms with Gasteiger partial charge in [-0.15, -0.1) is 0 Å². The molecule has 4 heteroatoms. The van der Waals surface area contributed by atoms with E-state index >= 15 is 0 Å². The Labute approximate surface area is 106 Å². The maximum atomic E-state index is 11.7. The molecule has 0 aromatic heterocycles. The number of rotatable bonds is 3. The molecular formula is C13H16ClNO2. The molecule has 1 heterocycles. The Bertz CT molecular complexity index is 420. The Morgan fingerprint density at radius 2 is 2.24 bits per heavy atom. The number of hydrogen-bond donors (Lipinski definition) is 0. The number of carbonyl (C=O) groups is 1. The van der Waals surface area contributed by atoms with E-state index in [4.69, 9.17) is 16.3 Å². The van der Waals surface area contributed by atoms with Gasteiger partial charge < -0.3 is 9.64 Å². The van der Waals surface area contributed by atoms with Gasteiger partial charge in [0.05, 0.1) is 0 Å². The van der Waals surface area contributed by atoms with Crippen LogP contribution in [-0.2, 0) is 17.9 Å². The van der Waals surface area contributed by atoms with Crippen LogP contribution >= 0.6 is 11.6 Å². The normalized spacial score (nSPS) is 15.2. The number of fused-ring (bicyclic) bond motifs is 1. The quantitative estimate of drug-likeness (QED) is 0.824. The van der Waals surface area contributed by atoms with E-state index in [-0.39, 0.29) is 6.09 Å². The molecule has 1 aromatic rings. The van der Waals surface area contributed by atoms with Crippen molar-refractivity contribution in [2.24, 2.45) is 0 Å². The third kappa shape index (κ3) is 2.91. The van der Waals surface area contributed by atoms with E-state index in [1.54, 1.807) is 4.90 Å². The van der Waals surface area contributed by atoms with Crippen molar-refractivity contribution in [1.29, 1.82) is 0 Å². The fourth-order valence-electron chi connectivity index (χ4n) is 1.90. The summed E-state index contributed by atoms with van der Waals surface area (Å²) in [7, 11) is 0.